The van der Waals surface area contributed by atoms with Gasteiger partial charge >= 0.3 is 6.18 Å². The van der Waals surface area contributed by atoms with Gasteiger partial charge in [0, 0.05) is 30.7 Å². The van der Waals surface area contributed by atoms with E-state index >= 15 is 0 Å². The highest BCUT2D eigenvalue weighted by Gasteiger charge is 2.34. The molecule has 1 fully saturated rings. The molecule has 3 heterocycles. The predicted molar refractivity (Wildman–Crippen MR) is 105 cm³/mol. The molecule has 4 rings (SSSR count). The zero-order valence-electron chi connectivity index (χ0n) is 15.7. The number of morpholine rings is 1. The standard InChI is InChI=1S/C19H18F3N5O2S/c20-19(21,22)14-3-4-24-17(26-14)15(16(23)28)18-25-12-2-1-11(9-13(12)30-18)10-27-5-7-29-8-6-27/h1-4,9,25H,5-8,10H2,(H2,23,28)/b18-15-. The van der Waals surface area contributed by atoms with E-state index in [1.54, 1.807) is 0 Å². The highest BCUT2D eigenvalue weighted by atomic mass is 32.2. The third-order valence-corrected chi connectivity index (χ3v) is 5.73. The Bertz CT molecular complexity index is 1010. The van der Waals surface area contributed by atoms with Crippen molar-refractivity contribution in [2.45, 2.75) is 17.6 Å². The van der Waals surface area contributed by atoms with Gasteiger partial charge in [0.25, 0.3) is 5.91 Å². The number of alkyl halides is 3. The van der Waals surface area contributed by atoms with E-state index in [2.05, 4.69) is 20.2 Å². The minimum absolute atomic E-state index is 0.183. The third kappa shape index (κ3) is 4.42. The van der Waals surface area contributed by atoms with Crippen LogP contribution in [0.3, 0.4) is 0 Å². The van der Waals surface area contributed by atoms with Crippen molar-refractivity contribution < 1.29 is 22.7 Å². The molecule has 0 spiro atoms. The summed E-state index contributed by atoms with van der Waals surface area (Å²) in [5, 5.41) is 3.36. The molecule has 1 amide bonds. The van der Waals surface area contributed by atoms with E-state index in [1.165, 1.54) is 11.8 Å². The maximum Gasteiger partial charge on any atom is 0.433 e. The number of aromatic nitrogens is 2. The van der Waals surface area contributed by atoms with Gasteiger partial charge in [-0.3, -0.25) is 9.69 Å². The number of hydrogen-bond donors (Lipinski definition) is 2. The molecule has 1 aromatic carbocycles. The molecule has 0 bridgehead atoms. The number of ether oxygens (including phenoxy) is 1. The van der Waals surface area contributed by atoms with Crippen molar-refractivity contribution in [3.63, 3.8) is 0 Å². The lowest BCUT2D eigenvalue weighted by Gasteiger charge is -2.26. The Balaban J connectivity index is 1.62. The van der Waals surface area contributed by atoms with E-state index in [0.717, 1.165) is 48.0 Å². The van der Waals surface area contributed by atoms with Crippen LogP contribution >= 0.6 is 11.8 Å². The first kappa shape index (κ1) is 20.6. The van der Waals surface area contributed by atoms with Crippen molar-refractivity contribution in [1.82, 2.24) is 14.9 Å². The molecular formula is C19H18F3N5O2S. The first-order chi connectivity index (χ1) is 14.3. The second-order valence-corrected chi connectivity index (χ2v) is 7.83. The van der Waals surface area contributed by atoms with E-state index in [1.807, 2.05) is 18.2 Å². The number of carbonyl (C=O) groups is 1. The smallest absolute Gasteiger partial charge is 0.379 e. The molecule has 0 radical (unpaired) electrons. The quantitative estimate of drug-likeness (QED) is 0.711. The lowest BCUT2D eigenvalue weighted by atomic mass is 10.2. The molecule has 0 aliphatic carbocycles. The van der Waals surface area contributed by atoms with E-state index in [9.17, 15) is 18.0 Å². The highest BCUT2D eigenvalue weighted by molar-refractivity contribution is 8.04. The lowest BCUT2D eigenvalue weighted by Crippen LogP contribution is -2.35. The van der Waals surface area contributed by atoms with Crippen LogP contribution in [0.5, 0.6) is 0 Å². The zero-order valence-corrected chi connectivity index (χ0v) is 16.5. The monoisotopic (exact) mass is 437 g/mol. The number of benzene rings is 1. The molecule has 158 valence electrons. The number of nitrogens with one attached hydrogen (secondary N) is 1. The largest absolute Gasteiger partial charge is 0.433 e. The summed E-state index contributed by atoms with van der Waals surface area (Å²) in [5.74, 6) is -1.28. The molecule has 0 atom stereocenters. The Kier molecular flexibility index (Phi) is 5.67. The predicted octanol–water partition coefficient (Wildman–Crippen LogP) is 2.70. The number of thioether (sulfide) groups is 1. The minimum atomic E-state index is -4.65. The summed E-state index contributed by atoms with van der Waals surface area (Å²) in [6, 6.07) is 6.57. The van der Waals surface area contributed by atoms with Gasteiger partial charge in [-0.25, -0.2) is 9.97 Å². The van der Waals surface area contributed by atoms with Crippen molar-refractivity contribution in [3.8, 4) is 0 Å². The molecule has 2 aliphatic rings. The number of nitrogens with zero attached hydrogens (tertiary/aromatic N) is 3. The summed E-state index contributed by atoms with van der Waals surface area (Å²) >= 11 is 1.22. The van der Waals surface area contributed by atoms with Gasteiger partial charge < -0.3 is 15.8 Å². The number of carbonyl (C=O) groups excluding carboxylic acids is 1. The van der Waals surface area contributed by atoms with Crippen molar-refractivity contribution in [2.75, 3.05) is 31.6 Å². The summed E-state index contributed by atoms with van der Waals surface area (Å²) in [6.45, 7) is 3.87. The van der Waals surface area contributed by atoms with Crippen LogP contribution in [0.4, 0.5) is 18.9 Å². The number of anilines is 1. The summed E-state index contributed by atoms with van der Waals surface area (Å²) in [6.07, 6.45) is -3.69. The van der Waals surface area contributed by atoms with Gasteiger partial charge in [0.1, 0.15) is 11.3 Å². The van der Waals surface area contributed by atoms with Crippen LogP contribution < -0.4 is 11.1 Å². The molecule has 7 nitrogen and oxygen atoms in total. The van der Waals surface area contributed by atoms with Crippen LogP contribution in [0.15, 0.2) is 40.4 Å². The van der Waals surface area contributed by atoms with Crippen LogP contribution in [0.1, 0.15) is 17.1 Å². The van der Waals surface area contributed by atoms with Crippen LogP contribution in [-0.4, -0.2) is 47.1 Å². The van der Waals surface area contributed by atoms with Gasteiger partial charge in [-0.05, 0) is 23.8 Å². The summed E-state index contributed by atoms with van der Waals surface area (Å²) < 4.78 is 44.4. The second kappa shape index (κ2) is 8.25. The van der Waals surface area contributed by atoms with Crippen LogP contribution in [0.25, 0.3) is 5.57 Å². The van der Waals surface area contributed by atoms with E-state index in [4.69, 9.17) is 10.5 Å². The number of fused-ring (bicyclic) bond motifs is 1. The Morgan fingerprint density at radius 2 is 2.03 bits per heavy atom. The lowest BCUT2D eigenvalue weighted by molar-refractivity contribution is -0.141. The number of nitrogens with two attached hydrogens (primary N) is 1. The van der Waals surface area contributed by atoms with Gasteiger partial charge in [-0.1, -0.05) is 17.8 Å². The fourth-order valence-electron chi connectivity index (χ4n) is 3.20. The van der Waals surface area contributed by atoms with Crippen molar-refractivity contribution >= 4 is 28.9 Å². The SMILES string of the molecule is NC(=O)/C(=C1\Nc2ccc(CN3CCOCC3)cc2S1)c1nccc(C(F)(F)F)n1. The summed E-state index contributed by atoms with van der Waals surface area (Å²) in [5.41, 5.74) is 5.97. The first-order valence-corrected chi connectivity index (χ1v) is 9.95. The Labute approximate surface area is 174 Å². The van der Waals surface area contributed by atoms with Crippen molar-refractivity contribution in [3.05, 3.63) is 52.6 Å². The van der Waals surface area contributed by atoms with E-state index in [0.29, 0.717) is 18.2 Å². The van der Waals surface area contributed by atoms with Crippen LogP contribution in [0, 0.1) is 0 Å². The number of hydrogen-bond acceptors (Lipinski definition) is 7. The van der Waals surface area contributed by atoms with Gasteiger partial charge in [0.05, 0.1) is 23.9 Å². The minimum Gasteiger partial charge on any atom is -0.379 e. The van der Waals surface area contributed by atoms with Crippen molar-refractivity contribution in [1.29, 1.82) is 0 Å². The molecule has 3 N–H and O–H groups in total. The molecule has 0 unspecified atom stereocenters. The van der Waals surface area contributed by atoms with Crippen LogP contribution in [-0.2, 0) is 22.3 Å². The van der Waals surface area contributed by atoms with Crippen molar-refractivity contribution in [2.24, 2.45) is 5.73 Å². The highest BCUT2D eigenvalue weighted by Crippen LogP contribution is 2.44. The number of rotatable bonds is 4. The average molecular weight is 437 g/mol. The molecular weight excluding hydrogens is 419 g/mol. The normalized spacial score (nSPS) is 18.6. The summed E-state index contributed by atoms with van der Waals surface area (Å²) in [7, 11) is 0. The molecule has 30 heavy (non-hydrogen) atoms. The van der Waals surface area contributed by atoms with Gasteiger partial charge in [-0.2, -0.15) is 13.2 Å². The second-order valence-electron chi connectivity index (χ2n) is 6.78. The third-order valence-electron chi connectivity index (χ3n) is 4.66. The Morgan fingerprint density at radius 3 is 2.73 bits per heavy atom. The summed E-state index contributed by atoms with van der Waals surface area (Å²) in [4.78, 5) is 22.5. The molecule has 11 heteroatoms. The van der Waals surface area contributed by atoms with E-state index in [-0.39, 0.29) is 11.4 Å². The number of halogens is 3. The molecule has 1 saturated heterocycles. The maximum absolute atomic E-state index is 13.0. The topological polar surface area (TPSA) is 93.4 Å². The number of primary amides is 1. The molecule has 2 aliphatic heterocycles. The number of amides is 1. The van der Waals surface area contributed by atoms with Gasteiger partial charge in [0.2, 0.25) is 0 Å². The zero-order chi connectivity index (χ0) is 21.3. The first-order valence-electron chi connectivity index (χ1n) is 9.14. The van der Waals surface area contributed by atoms with E-state index < -0.39 is 17.8 Å². The Morgan fingerprint density at radius 1 is 1.27 bits per heavy atom. The average Bonchev–Trinajstić information content (AvgIpc) is 3.11. The molecule has 2 aromatic rings. The maximum atomic E-state index is 13.0. The Hall–Kier alpha value is -2.63. The molecule has 0 saturated carbocycles. The van der Waals surface area contributed by atoms with Gasteiger partial charge in [-0.15, -0.1) is 0 Å². The van der Waals surface area contributed by atoms with Crippen LogP contribution in [0.2, 0.25) is 0 Å². The molecule has 1 aromatic heterocycles. The fraction of sp³-hybridized carbons (Fsp3) is 0.316. The van der Waals surface area contributed by atoms with Gasteiger partial charge in [0.15, 0.2) is 5.82 Å². The fourth-order valence-corrected chi connectivity index (χ4v) is 4.32.